The van der Waals surface area contributed by atoms with Gasteiger partial charge in [0.1, 0.15) is 0 Å². The molecule has 0 saturated heterocycles. The third-order valence-electron chi connectivity index (χ3n) is 1.23. The Hall–Kier alpha value is -2.20. The van der Waals surface area contributed by atoms with E-state index in [2.05, 4.69) is 6.92 Å². The Labute approximate surface area is 142 Å². The minimum atomic E-state index is -0.833. The number of hydrogen-bond donors (Lipinski definition) is 6. The van der Waals surface area contributed by atoms with Gasteiger partial charge in [-0.25, -0.2) is 0 Å². The van der Waals surface area contributed by atoms with E-state index in [1.54, 1.807) is 0 Å². The Kier molecular flexibility index (Phi) is 40.2. The molecule has 146 valence electrons. The molecule has 0 aliphatic carbocycles. The lowest BCUT2D eigenvalue weighted by atomic mass is 10.1. The molecule has 1 atom stereocenters. The van der Waals surface area contributed by atoms with Gasteiger partial charge < -0.3 is 31.9 Å². The smallest absolute Gasteiger partial charge is 0.300 e. The van der Waals surface area contributed by atoms with E-state index in [0.717, 1.165) is 34.1 Å². The molecule has 0 aromatic carbocycles. The van der Waals surface area contributed by atoms with Crippen LogP contribution in [0.4, 0.5) is 0 Å². The first-order valence-electron chi connectivity index (χ1n) is 6.98. The van der Waals surface area contributed by atoms with E-state index in [0.29, 0.717) is 6.54 Å². The second-order valence-electron chi connectivity index (χ2n) is 4.21. The van der Waals surface area contributed by atoms with Crippen LogP contribution in [-0.4, -0.2) is 56.9 Å². The summed E-state index contributed by atoms with van der Waals surface area (Å²) in [6.45, 7) is 7.11. The van der Waals surface area contributed by atoms with Crippen molar-refractivity contribution in [3.63, 3.8) is 0 Å². The van der Waals surface area contributed by atoms with E-state index in [9.17, 15) is 0 Å². The molecule has 0 saturated carbocycles. The second kappa shape index (κ2) is 28.9. The molecule has 10 heteroatoms. The largest absolute Gasteiger partial charge is 0.481 e. The van der Waals surface area contributed by atoms with Crippen LogP contribution in [0.3, 0.4) is 0 Å². The van der Waals surface area contributed by atoms with E-state index in [1.165, 1.54) is 12.8 Å². The Balaban J connectivity index is -0.0000000657. The molecule has 0 fully saturated rings. The lowest BCUT2D eigenvalue weighted by molar-refractivity contribution is -0.135. The number of rotatable bonds is 4. The molecule has 0 spiro atoms. The van der Waals surface area contributed by atoms with Crippen molar-refractivity contribution in [1.82, 2.24) is 0 Å². The molecular weight excluding hydrogens is 324 g/mol. The summed E-state index contributed by atoms with van der Waals surface area (Å²) in [5.74, 6) is -3.33. The number of unbranched alkanes of at least 4 members (excludes halogenated alkanes) is 1. The van der Waals surface area contributed by atoms with Crippen LogP contribution in [0, 0.1) is 0 Å². The van der Waals surface area contributed by atoms with Crippen molar-refractivity contribution in [3.8, 4) is 0 Å². The lowest BCUT2D eigenvalue weighted by Crippen LogP contribution is -2.29. The number of carboxylic acid groups (broad SMARTS) is 4. The Morgan fingerprint density at radius 1 is 0.792 bits per heavy atom. The summed E-state index contributed by atoms with van der Waals surface area (Å²) in [4.78, 5) is 36.0. The predicted molar refractivity (Wildman–Crippen MR) is 89.8 cm³/mol. The average Bonchev–Trinajstić information content (AvgIpc) is 2.33. The molecule has 0 aliphatic heterocycles. The number of hydrogen-bond acceptors (Lipinski definition) is 6. The highest BCUT2D eigenvalue weighted by Crippen LogP contribution is 1.95. The monoisotopic (exact) mass is 356 g/mol. The van der Waals surface area contributed by atoms with Crippen LogP contribution in [0.1, 0.15) is 53.9 Å². The molecule has 0 aromatic heterocycles. The van der Waals surface area contributed by atoms with Gasteiger partial charge in [0.25, 0.3) is 23.9 Å². The Morgan fingerprint density at radius 2 is 1.00 bits per heavy atom. The summed E-state index contributed by atoms with van der Waals surface area (Å²) in [6.07, 6.45) is 3.50. The zero-order chi connectivity index (χ0) is 20.7. The molecule has 0 rings (SSSR count). The molecule has 8 N–H and O–H groups in total. The number of aliphatic carboxylic acids is 4. The third-order valence-corrected chi connectivity index (χ3v) is 1.23. The molecule has 0 aliphatic rings. The molecule has 1 unspecified atom stereocenters. The highest BCUT2D eigenvalue weighted by atomic mass is 16.4. The molecule has 0 heterocycles. The Bertz CT molecular complexity index is 258. The fourth-order valence-corrected chi connectivity index (χ4v) is 0.584. The van der Waals surface area contributed by atoms with Crippen LogP contribution in [0.15, 0.2) is 0 Å². The van der Waals surface area contributed by atoms with Crippen molar-refractivity contribution in [2.45, 2.75) is 59.9 Å². The third kappa shape index (κ3) is 485. The van der Waals surface area contributed by atoms with Gasteiger partial charge in [0.2, 0.25) is 0 Å². The Morgan fingerprint density at radius 3 is 1.12 bits per heavy atom. The van der Waals surface area contributed by atoms with E-state index < -0.39 is 23.9 Å². The summed E-state index contributed by atoms with van der Waals surface area (Å²) in [6, 6.07) is 0.231. The number of nitrogens with two attached hydrogens (primary N) is 2. The summed E-state index contributed by atoms with van der Waals surface area (Å²) in [7, 11) is 0. The van der Waals surface area contributed by atoms with Gasteiger partial charge in [0.15, 0.2) is 0 Å². The lowest BCUT2D eigenvalue weighted by Gasteiger charge is -2.04. The van der Waals surface area contributed by atoms with Crippen LogP contribution in [-0.2, 0) is 19.2 Å². The normalized spacial score (nSPS) is 8.79. The first-order chi connectivity index (χ1) is 10.7. The zero-order valence-corrected chi connectivity index (χ0v) is 15.0. The standard InChI is InChI=1S/C6H16N2.4C2H4O2/c1-2-3-4-6(8)5-7;4*1-2(3)4/h6H,2-5,7-8H2,1H3;4*1H3,(H,3,4). The van der Waals surface area contributed by atoms with Gasteiger partial charge in [-0.05, 0) is 6.42 Å². The van der Waals surface area contributed by atoms with E-state index in [4.69, 9.17) is 51.1 Å². The molecule has 0 amide bonds. The number of carboxylic acids is 4. The van der Waals surface area contributed by atoms with Crippen molar-refractivity contribution in [1.29, 1.82) is 0 Å². The average molecular weight is 356 g/mol. The summed E-state index contributed by atoms with van der Waals surface area (Å²) >= 11 is 0. The van der Waals surface area contributed by atoms with E-state index >= 15 is 0 Å². The first-order valence-corrected chi connectivity index (χ1v) is 6.98. The molecule has 0 aromatic rings. The molecule has 10 nitrogen and oxygen atoms in total. The molecule has 0 radical (unpaired) electrons. The van der Waals surface area contributed by atoms with Crippen molar-refractivity contribution in [2.75, 3.05) is 6.54 Å². The van der Waals surface area contributed by atoms with Gasteiger partial charge in [0, 0.05) is 40.3 Å². The first kappa shape index (κ1) is 33.4. The molecule has 24 heavy (non-hydrogen) atoms. The van der Waals surface area contributed by atoms with E-state index in [1.807, 2.05) is 0 Å². The fraction of sp³-hybridized carbons (Fsp3) is 0.714. The number of carbonyl (C=O) groups is 4. The zero-order valence-electron chi connectivity index (χ0n) is 15.0. The highest BCUT2D eigenvalue weighted by Gasteiger charge is 1.95. The van der Waals surface area contributed by atoms with Gasteiger partial charge in [0.05, 0.1) is 0 Å². The van der Waals surface area contributed by atoms with Gasteiger partial charge in [-0.3, -0.25) is 19.2 Å². The minimum Gasteiger partial charge on any atom is -0.481 e. The quantitative estimate of drug-likeness (QED) is 0.418. The maximum Gasteiger partial charge on any atom is 0.300 e. The predicted octanol–water partition coefficient (Wildman–Crippen LogP) is 0.826. The van der Waals surface area contributed by atoms with Gasteiger partial charge in [-0.1, -0.05) is 19.8 Å². The van der Waals surface area contributed by atoms with Crippen molar-refractivity contribution in [3.05, 3.63) is 0 Å². The van der Waals surface area contributed by atoms with Crippen molar-refractivity contribution >= 4 is 23.9 Å². The summed E-state index contributed by atoms with van der Waals surface area (Å²) in [5.41, 5.74) is 10.8. The van der Waals surface area contributed by atoms with Crippen LogP contribution < -0.4 is 11.5 Å². The van der Waals surface area contributed by atoms with Crippen molar-refractivity contribution in [2.24, 2.45) is 11.5 Å². The maximum atomic E-state index is 9.00. The van der Waals surface area contributed by atoms with Crippen molar-refractivity contribution < 1.29 is 39.6 Å². The summed E-state index contributed by atoms with van der Waals surface area (Å²) in [5, 5.41) is 29.7. The van der Waals surface area contributed by atoms with Gasteiger partial charge in [-0.15, -0.1) is 0 Å². The minimum absolute atomic E-state index is 0.231. The van der Waals surface area contributed by atoms with Gasteiger partial charge >= 0.3 is 0 Å². The van der Waals surface area contributed by atoms with E-state index in [-0.39, 0.29) is 6.04 Å². The fourth-order valence-electron chi connectivity index (χ4n) is 0.584. The van der Waals surface area contributed by atoms with Crippen LogP contribution in [0.5, 0.6) is 0 Å². The summed E-state index contributed by atoms with van der Waals surface area (Å²) < 4.78 is 0. The van der Waals surface area contributed by atoms with Gasteiger partial charge in [-0.2, -0.15) is 0 Å². The molecule has 0 bridgehead atoms. The van der Waals surface area contributed by atoms with Crippen LogP contribution in [0.25, 0.3) is 0 Å². The molecular formula is C14H32N2O8. The highest BCUT2D eigenvalue weighted by molar-refractivity contribution is 5.63. The topological polar surface area (TPSA) is 201 Å². The second-order valence-corrected chi connectivity index (χ2v) is 4.21. The SMILES string of the molecule is CC(=O)O.CC(=O)O.CC(=O)O.CC(=O)O.CCCCC(N)CN. The van der Waals surface area contributed by atoms with Crippen LogP contribution >= 0.6 is 0 Å². The van der Waals surface area contributed by atoms with Crippen LogP contribution in [0.2, 0.25) is 0 Å². The maximum absolute atomic E-state index is 9.00.